The van der Waals surface area contributed by atoms with Crippen LogP contribution in [0.5, 0.6) is 5.75 Å². The Labute approximate surface area is 106 Å². The Kier molecular flexibility index (Phi) is 4.76. The first kappa shape index (κ1) is 14.2. The van der Waals surface area contributed by atoms with E-state index in [0.29, 0.717) is 5.02 Å². The molecule has 0 aliphatic heterocycles. The molecule has 96 valence electrons. The molecule has 3 N–H and O–H groups in total. The minimum atomic E-state index is -3.68. The van der Waals surface area contributed by atoms with Crippen LogP contribution in [0, 0.1) is 0 Å². The average Bonchev–Trinajstić information content (AvgIpc) is 2.28. The van der Waals surface area contributed by atoms with Gasteiger partial charge in [-0.05, 0) is 25.1 Å². The molecule has 0 spiro atoms. The van der Waals surface area contributed by atoms with Crippen LogP contribution in [0.25, 0.3) is 0 Å². The summed E-state index contributed by atoms with van der Waals surface area (Å²) in [5.41, 5.74) is 5.37. The summed E-state index contributed by atoms with van der Waals surface area (Å²) in [6.07, 6.45) is 0. The van der Waals surface area contributed by atoms with Crippen molar-refractivity contribution in [3.05, 3.63) is 23.2 Å². The summed E-state index contributed by atoms with van der Waals surface area (Å²) < 4.78 is 31.5. The number of hydrogen-bond donors (Lipinski definition) is 2. The smallest absolute Gasteiger partial charge is 0.244 e. The normalized spacial score (nSPS) is 13.4. The van der Waals surface area contributed by atoms with E-state index in [1.54, 1.807) is 13.0 Å². The summed E-state index contributed by atoms with van der Waals surface area (Å²) in [5, 5.41) is 0.326. The second-order valence-electron chi connectivity index (χ2n) is 3.55. The van der Waals surface area contributed by atoms with Crippen molar-refractivity contribution in [2.75, 3.05) is 13.7 Å². The summed E-state index contributed by atoms with van der Waals surface area (Å²) >= 11 is 5.78. The minimum Gasteiger partial charge on any atom is -0.495 e. The number of rotatable bonds is 5. The zero-order chi connectivity index (χ0) is 13.1. The highest BCUT2D eigenvalue weighted by Gasteiger charge is 2.21. The molecular weight excluding hydrogens is 264 g/mol. The van der Waals surface area contributed by atoms with E-state index in [1.165, 1.54) is 19.2 Å². The summed E-state index contributed by atoms with van der Waals surface area (Å²) in [6, 6.07) is 4.05. The number of sulfonamides is 1. The minimum absolute atomic E-state index is 0.00722. The number of methoxy groups -OCH3 is 1. The fourth-order valence-corrected chi connectivity index (χ4v) is 2.93. The van der Waals surface area contributed by atoms with Crippen molar-refractivity contribution in [1.29, 1.82) is 0 Å². The van der Waals surface area contributed by atoms with Crippen molar-refractivity contribution in [2.24, 2.45) is 5.73 Å². The van der Waals surface area contributed by atoms with Crippen molar-refractivity contribution < 1.29 is 13.2 Å². The Morgan fingerprint density at radius 3 is 2.71 bits per heavy atom. The molecule has 0 heterocycles. The zero-order valence-electron chi connectivity index (χ0n) is 9.60. The quantitative estimate of drug-likeness (QED) is 0.841. The molecule has 0 fully saturated rings. The number of hydrogen-bond acceptors (Lipinski definition) is 4. The highest BCUT2D eigenvalue weighted by atomic mass is 35.5. The van der Waals surface area contributed by atoms with Crippen LogP contribution in [0.3, 0.4) is 0 Å². The first-order valence-corrected chi connectivity index (χ1v) is 6.82. The second kappa shape index (κ2) is 5.68. The lowest BCUT2D eigenvalue weighted by Gasteiger charge is -2.14. The molecule has 0 saturated heterocycles. The first-order chi connectivity index (χ1) is 7.90. The Morgan fingerprint density at radius 1 is 1.53 bits per heavy atom. The summed E-state index contributed by atoms with van der Waals surface area (Å²) in [6.45, 7) is 1.89. The molecule has 0 radical (unpaired) electrons. The molecule has 0 bridgehead atoms. The van der Waals surface area contributed by atoms with Gasteiger partial charge in [0.25, 0.3) is 0 Å². The van der Waals surface area contributed by atoms with Gasteiger partial charge in [-0.25, -0.2) is 13.1 Å². The van der Waals surface area contributed by atoms with Gasteiger partial charge in [-0.15, -0.1) is 0 Å². The van der Waals surface area contributed by atoms with Gasteiger partial charge >= 0.3 is 0 Å². The molecule has 0 saturated carbocycles. The largest absolute Gasteiger partial charge is 0.495 e. The van der Waals surface area contributed by atoms with Gasteiger partial charge in [-0.1, -0.05) is 11.6 Å². The van der Waals surface area contributed by atoms with Gasteiger partial charge in [0.2, 0.25) is 10.0 Å². The lowest BCUT2D eigenvalue weighted by atomic mass is 10.3. The number of nitrogens with one attached hydrogen (secondary N) is 1. The van der Waals surface area contributed by atoms with E-state index in [2.05, 4.69) is 4.72 Å². The van der Waals surface area contributed by atoms with Crippen molar-refractivity contribution in [3.63, 3.8) is 0 Å². The van der Waals surface area contributed by atoms with E-state index in [1.807, 2.05) is 0 Å². The first-order valence-electron chi connectivity index (χ1n) is 4.96. The summed E-state index contributed by atoms with van der Waals surface area (Å²) in [7, 11) is -2.28. The topological polar surface area (TPSA) is 81.4 Å². The summed E-state index contributed by atoms with van der Waals surface area (Å²) in [4.78, 5) is 0.00722. The highest BCUT2D eigenvalue weighted by Crippen LogP contribution is 2.26. The highest BCUT2D eigenvalue weighted by molar-refractivity contribution is 7.89. The third-order valence-corrected chi connectivity index (χ3v) is 3.97. The monoisotopic (exact) mass is 278 g/mol. The van der Waals surface area contributed by atoms with Crippen LogP contribution in [0.4, 0.5) is 0 Å². The molecule has 0 aliphatic rings. The zero-order valence-corrected chi connectivity index (χ0v) is 11.2. The van der Waals surface area contributed by atoms with Crippen LogP contribution in [0.2, 0.25) is 5.02 Å². The van der Waals surface area contributed by atoms with Crippen molar-refractivity contribution >= 4 is 21.6 Å². The van der Waals surface area contributed by atoms with Crippen LogP contribution < -0.4 is 15.2 Å². The SMILES string of the molecule is COc1ccc(Cl)cc1S(=O)(=O)N[C@@H](C)CN. The maximum Gasteiger partial charge on any atom is 0.244 e. The van der Waals surface area contributed by atoms with Crippen LogP contribution in [0.1, 0.15) is 6.92 Å². The molecule has 5 nitrogen and oxygen atoms in total. The number of benzene rings is 1. The molecule has 1 atom stereocenters. The van der Waals surface area contributed by atoms with E-state index in [0.717, 1.165) is 0 Å². The average molecular weight is 279 g/mol. The predicted molar refractivity (Wildman–Crippen MR) is 66.8 cm³/mol. The van der Waals surface area contributed by atoms with Gasteiger partial charge in [0.05, 0.1) is 7.11 Å². The van der Waals surface area contributed by atoms with Gasteiger partial charge in [0.15, 0.2) is 0 Å². The van der Waals surface area contributed by atoms with Crippen molar-refractivity contribution in [2.45, 2.75) is 17.9 Å². The fourth-order valence-electron chi connectivity index (χ4n) is 1.24. The summed E-state index contributed by atoms with van der Waals surface area (Å²) in [5.74, 6) is 0.242. The van der Waals surface area contributed by atoms with E-state index in [9.17, 15) is 8.42 Å². The van der Waals surface area contributed by atoms with Crippen LogP contribution >= 0.6 is 11.6 Å². The van der Waals surface area contributed by atoms with E-state index in [-0.39, 0.29) is 23.2 Å². The van der Waals surface area contributed by atoms with Gasteiger partial charge < -0.3 is 10.5 Å². The molecule has 0 amide bonds. The fraction of sp³-hybridized carbons (Fsp3) is 0.400. The molecule has 0 unspecified atom stereocenters. The van der Waals surface area contributed by atoms with Gasteiger partial charge in [-0.2, -0.15) is 0 Å². The lowest BCUT2D eigenvalue weighted by Crippen LogP contribution is -2.37. The second-order valence-corrected chi connectivity index (χ2v) is 5.67. The number of halogens is 1. The predicted octanol–water partition coefficient (Wildman–Crippen LogP) is 0.974. The Morgan fingerprint density at radius 2 is 2.18 bits per heavy atom. The van der Waals surface area contributed by atoms with E-state index in [4.69, 9.17) is 22.1 Å². The third kappa shape index (κ3) is 3.57. The van der Waals surface area contributed by atoms with E-state index >= 15 is 0 Å². The molecule has 0 aliphatic carbocycles. The van der Waals surface area contributed by atoms with Gasteiger partial charge in [0.1, 0.15) is 10.6 Å². The molecule has 7 heteroatoms. The van der Waals surface area contributed by atoms with Crippen molar-refractivity contribution in [3.8, 4) is 5.75 Å². The maximum absolute atomic E-state index is 12.0. The molecule has 1 aromatic carbocycles. The van der Waals surface area contributed by atoms with Crippen LogP contribution in [-0.4, -0.2) is 28.1 Å². The Balaban J connectivity index is 3.18. The Bertz CT molecular complexity index is 490. The van der Waals surface area contributed by atoms with Gasteiger partial charge in [-0.3, -0.25) is 0 Å². The lowest BCUT2D eigenvalue weighted by molar-refractivity contribution is 0.402. The number of nitrogens with two attached hydrogens (primary N) is 1. The molecule has 17 heavy (non-hydrogen) atoms. The Hall–Kier alpha value is -0.820. The molecule has 1 rings (SSSR count). The van der Waals surface area contributed by atoms with E-state index < -0.39 is 10.0 Å². The maximum atomic E-state index is 12.0. The standard InChI is InChI=1S/C10H15ClN2O3S/c1-7(6-12)13-17(14,15)10-5-8(11)3-4-9(10)16-2/h3-5,7,13H,6,12H2,1-2H3/t7-/m0/s1. The van der Waals surface area contributed by atoms with Crippen molar-refractivity contribution in [1.82, 2.24) is 4.72 Å². The number of ether oxygens (including phenoxy) is 1. The van der Waals surface area contributed by atoms with Crippen LogP contribution in [-0.2, 0) is 10.0 Å². The molecular formula is C10H15ClN2O3S. The molecule has 0 aromatic heterocycles. The molecule has 1 aromatic rings. The van der Waals surface area contributed by atoms with Crippen LogP contribution in [0.15, 0.2) is 23.1 Å². The van der Waals surface area contributed by atoms with Gasteiger partial charge in [0, 0.05) is 17.6 Å². The third-order valence-electron chi connectivity index (χ3n) is 2.13.